The Morgan fingerprint density at radius 3 is 2.00 bits per heavy atom. The van der Waals surface area contributed by atoms with E-state index in [4.69, 9.17) is 4.74 Å². The Balaban J connectivity index is 1.59. The molecule has 0 spiro atoms. The van der Waals surface area contributed by atoms with Crippen molar-refractivity contribution in [2.75, 3.05) is 6.61 Å². The number of aryl methyl sites for hydroxylation is 1. The highest BCUT2D eigenvalue weighted by atomic mass is 16.5. The fraction of sp³-hybridized carbons (Fsp3) is 0.500. The molecule has 0 heterocycles. The summed E-state index contributed by atoms with van der Waals surface area (Å²) in [6.45, 7) is 8.13. The summed E-state index contributed by atoms with van der Waals surface area (Å²) >= 11 is 0. The first-order valence-corrected chi connectivity index (χ1v) is 10.1. The van der Waals surface area contributed by atoms with Gasteiger partial charge >= 0.3 is 0 Å². The first-order valence-electron chi connectivity index (χ1n) is 10.1. The van der Waals surface area contributed by atoms with Gasteiger partial charge in [-0.25, -0.2) is 0 Å². The van der Waals surface area contributed by atoms with Gasteiger partial charge in [0.1, 0.15) is 5.75 Å². The first-order chi connectivity index (χ1) is 12.9. The average molecular weight is 369 g/mol. The van der Waals surface area contributed by atoms with E-state index in [0.29, 0.717) is 16.7 Å². The summed E-state index contributed by atoms with van der Waals surface area (Å²) in [5, 5.41) is 0. The molecule has 1 aromatic carbocycles. The predicted molar refractivity (Wildman–Crippen MR) is 110 cm³/mol. The Labute approximate surface area is 163 Å². The lowest BCUT2D eigenvalue weighted by Gasteiger charge is -2.18. The van der Waals surface area contributed by atoms with Crippen LogP contribution in [0, 0.1) is 6.92 Å². The monoisotopic (exact) mass is 368 g/mol. The molecule has 27 heavy (non-hydrogen) atoms. The molecule has 0 saturated carbocycles. The number of Topliss-reactive ketones (excluding diaryl/α,β-unsaturated/α-hetero) is 2. The lowest BCUT2D eigenvalue weighted by molar-refractivity contribution is -0.116. The number of carbonyl (C=O) groups excluding carboxylic acids is 2. The van der Waals surface area contributed by atoms with E-state index in [1.54, 1.807) is 20.8 Å². The molecular weight excluding hydrogens is 336 g/mol. The topological polar surface area (TPSA) is 43.4 Å². The van der Waals surface area contributed by atoms with Crippen LogP contribution in [0.5, 0.6) is 5.75 Å². The van der Waals surface area contributed by atoms with E-state index in [0.717, 1.165) is 56.5 Å². The Hall–Kier alpha value is -2.16. The van der Waals surface area contributed by atoms with Gasteiger partial charge < -0.3 is 4.74 Å². The van der Waals surface area contributed by atoms with E-state index >= 15 is 0 Å². The Morgan fingerprint density at radius 1 is 0.704 bits per heavy atom. The fourth-order valence-electron chi connectivity index (χ4n) is 3.47. The molecule has 146 valence electrons. The molecule has 3 nitrogen and oxygen atoms in total. The first kappa shape index (κ1) is 21.1. The zero-order valence-electron chi connectivity index (χ0n) is 17.2. The van der Waals surface area contributed by atoms with Gasteiger partial charge in [-0.15, -0.1) is 0 Å². The number of unbranched alkanes of at least 4 members (excludes halogenated alkanes) is 5. The van der Waals surface area contributed by atoms with Gasteiger partial charge in [0, 0.05) is 22.3 Å². The van der Waals surface area contributed by atoms with E-state index in [2.05, 4.69) is 13.0 Å². The standard InChI is InChI=1S/C24H32O3/c1-17-13-10-11-15-22(17)27-16-12-8-6-5-7-9-14-21-20(4)23(25)18(2)19(3)24(21)26/h10-11,13,15H,5-9,12,14,16H2,1-4H3. The van der Waals surface area contributed by atoms with Crippen LogP contribution in [0.1, 0.15) is 71.3 Å². The van der Waals surface area contributed by atoms with Crippen molar-refractivity contribution in [1.82, 2.24) is 0 Å². The van der Waals surface area contributed by atoms with E-state index < -0.39 is 0 Å². The summed E-state index contributed by atoms with van der Waals surface area (Å²) in [6.07, 6.45) is 7.35. The Kier molecular flexibility index (Phi) is 8.02. The second-order valence-electron chi connectivity index (χ2n) is 7.50. The third-order valence-electron chi connectivity index (χ3n) is 5.48. The fourth-order valence-corrected chi connectivity index (χ4v) is 3.47. The summed E-state index contributed by atoms with van der Waals surface area (Å²) in [5.74, 6) is 1.08. The maximum Gasteiger partial charge on any atom is 0.185 e. The van der Waals surface area contributed by atoms with Crippen LogP contribution >= 0.6 is 0 Å². The van der Waals surface area contributed by atoms with Gasteiger partial charge in [0.15, 0.2) is 11.6 Å². The molecule has 0 bridgehead atoms. The molecule has 3 heteroatoms. The van der Waals surface area contributed by atoms with E-state index in [1.165, 1.54) is 12.0 Å². The molecule has 0 atom stereocenters. The van der Waals surface area contributed by atoms with Gasteiger partial charge in [-0.1, -0.05) is 43.9 Å². The van der Waals surface area contributed by atoms with Gasteiger partial charge in [-0.2, -0.15) is 0 Å². The molecule has 0 aromatic heterocycles. The van der Waals surface area contributed by atoms with Crippen molar-refractivity contribution in [3.05, 3.63) is 52.1 Å². The molecule has 2 rings (SSSR count). The number of carbonyl (C=O) groups is 2. The van der Waals surface area contributed by atoms with Gasteiger partial charge in [0.25, 0.3) is 0 Å². The van der Waals surface area contributed by atoms with Crippen LogP contribution in [0.25, 0.3) is 0 Å². The van der Waals surface area contributed by atoms with Crippen molar-refractivity contribution in [3.63, 3.8) is 0 Å². The van der Waals surface area contributed by atoms with Crippen molar-refractivity contribution in [3.8, 4) is 5.75 Å². The number of rotatable bonds is 10. The van der Waals surface area contributed by atoms with E-state index in [9.17, 15) is 9.59 Å². The van der Waals surface area contributed by atoms with Gasteiger partial charge in [-0.05, 0) is 58.6 Å². The molecular formula is C24H32O3. The largest absolute Gasteiger partial charge is 0.493 e. The summed E-state index contributed by atoms with van der Waals surface area (Å²) in [4.78, 5) is 24.6. The number of hydrogen-bond donors (Lipinski definition) is 0. The SMILES string of the molecule is CC1=C(C)C(=O)C(CCCCCCCCOc2ccccc2C)=C(C)C1=O. The number of para-hydroxylation sites is 1. The maximum absolute atomic E-state index is 12.4. The molecule has 0 saturated heterocycles. The molecule has 0 radical (unpaired) electrons. The summed E-state index contributed by atoms with van der Waals surface area (Å²) < 4.78 is 5.82. The summed E-state index contributed by atoms with van der Waals surface area (Å²) in [6, 6.07) is 8.11. The minimum atomic E-state index is 0.0377. The van der Waals surface area contributed by atoms with Crippen molar-refractivity contribution >= 4 is 11.6 Å². The number of ketones is 2. The third kappa shape index (κ3) is 5.66. The van der Waals surface area contributed by atoms with Crippen LogP contribution in [0.3, 0.4) is 0 Å². The van der Waals surface area contributed by atoms with Gasteiger partial charge in [0.05, 0.1) is 6.61 Å². The van der Waals surface area contributed by atoms with Crippen LogP contribution < -0.4 is 4.74 Å². The smallest absolute Gasteiger partial charge is 0.185 e. The average Bonchev–Trinajstić information content (AvgIpc) is 2.67. The summed E-state index contributed by atoms with van der Waals surface area (Å²) in [7, 11) is 0. The van der Waals surface area contributed by atoms with Gasteiger partial charge in [0.2, 0.25) is 0 Å². The number of benzene rings is 1. The highest BCUT2D eigenvalue weighted by molar-refractivity contribution is 6.24. The molecule has 0 fully saturated rings. The van der Waals surface area contributed by atoms with Crippen molar-refractivity contribution in [2.24, 2.45) is 0 Å². The number of allylic oxidation sites excluding steroid dienone is 4. The highest BCUT2D eigenvalue weighted by Crippen LogP contribution is 2.27. The highest BCUT2D eigenvalue weighted by Gasteiger charge is 2.26. The minimum Gasteiger partial charge on any atom is -0.493 e. The normalized spacial score (nSPS) is 15.0. The molecule has 1 aliphatic rings. The number of hydrogen-bond acceptors (Lipinski definition) is 3. The Morgan fingerprint density at radius 2 is 1.30 bits per heavy atom. The minimum absolute atomic E-state index is 0.0377. The lowest BCUT2D eigenvalue weighted by atomic mass is 9.84. The zero-order chi connectivity index (χ0) is 19.8. The second kappa shape index (κ2) is 10.2. The molecule has 0 N–H and O–H groups in total. The lowest BCUT2D eigenvalue weighted by Crippen LogP contribution is -2.20. The van der Waals surface area contributed by atoms with Crippen LogP contribution in [0.2, 0.25) is 0 Å². The molecule has 0 amide bonds. The van der Waals surface area contributed by atoms with E-state index in [1.807, 2.05) is 18.2 Å². The van der Waals surface area contributed by atoms with Crippen LogP contribution in [-0.2, 0) is 9.59 Å². The molecule has 0 unspecified atom stereocenters. The maximum atomic E-state index is 12.4. The van der Waals surface area contributed by atoms with Crippen molar-refractivity contribution in [1.29, 1.82) is 0 Å². The van der Waals surface area contributed by atoms with Crippen molar-refractivity contribution in [2.45, 2.75) is 72.6 Å². The third-order valence-corrected chi connectivity index (χ3v) is 5.48. The molecule has 1 aromatic rings. The molecule has 1 aliphatic carbocycles. The quantitative estimate of drug-likeness (QED) is 0.381. The molecule has 0 aliphatic heterocycles. The summed E-state index contributed by atoms with van der Waals surface area (Å²) in [5.41, 5.74) is 3.78. The van der Waals surface area contributed by atoms with Gasteiger partial charge in [-0.3, -0.25) is 9.59 Å². The van der Waals surface area contributed by atoms with Crippen LogP contribution in [0.15, 0.2) is 46.6 Å². The second-order valence-corrected chi connectivity index (χ2v) is 7.50. The number of ether oxygens (including phenoxy) is 1. The zero-order valence-corrected chi connectivity index (χ0v) is 17.2. The van der Waals surface area contributed by atoms with Crippen LogP contribution in [0.4, 0.5) is 0 Å². The predicted octanol–water partition coefficient (Wildman–Crippen LogP) is 5.91. The van der Waals surface area contributed by atoms with Crippen LogP contribution in [-0.4, -0.2) is 18.2 Å². The Bertz CT molecular complexity index is 753. The van der Waals surface area contributed by atoms with Crippen molar-refractivity contribution < 1.29 is 14.3 Å². The van der Waals surface area contributed by atoms with E-state index in [-0.39, 0.29) is 11.6 Å².